The fourth-order valence-electron chi connectivity index (χ4n) is 4.06. The number of hydrogen-bond acceptors (Lipinski definition) is 3. The molecule has 132 valence electrons. The van der Waals surface area contributed by atoms with Gasteiger partial charge in [0.05, 0.1) is 12.2 Å². The van der Waals surface area contributed by atoms with E-state index < -0.39 is 0 Å². The molecule has 0 unspecified atom stereocenters. The zero-order valence-electron chi connectivity index (χ0n) is 14.8. The van der Waals surface area contributed by atoms with E-state index in [4.69, 9.17) is 4.74 Å². The molecule has 1 aliphatic carbocycles. The van der Waals surface area contributed by atoms with Crippen molar-refractivity contribution in [3.05, 3.63) is 29.8 Å². The fraction of sp³-hybridized carbons (Fsp3) is 0.650. The molecule has 4 nitrogen and oxygen atoms in total. The lowest BCUT2D eigenvalue weighted by molar-refractivity contribution is 0.0921. The van der Waals surface area contributed by atoms with E-state index in [9.17, 15) is 4.79 Å². The number of rotatable bonds is 6. The summed E-state index contributed by atoms with van der Waals surface area (Å²) in [5.41, 5.74) is 0.641. The van der Waals surface area contributed by atoms with Crippen LogP contribution in [0.1, 0.15) is 55.8 Å². The van der Waals surface area contributed by atoms with Crippen LogP contribution >= 0.6 is 0 Å². The van der Waals surface area contributed by atoms with Gasteiger partial charge in [0.15, 0.2) is 0 Å². The lowest BCUT2D eigenvalue weighted by atomic mass is 9.95. The zero-order chi connectivity index (χ0) is 16.8. The fourth-order valence-corrected chi connectivity index (χ4v) is 4.06. The third kappa shape index (κ3) is 4.29. The minimum absolute atomic E-state index is 0.0164. The standard InChI is InChI=1S/C20H30N2O2/c1-2-24-19-10-6-5-9-18(19)20(23)21-15-16-11-13-22(14-12-16)17-7-3-4-8-17/h5-6,9-10,16-17H,2-4,7-8,11-15H2,1H3,(H,21,23). The number of hydrogen-bond donors (Lipinski definition) is 1. The van der Waals surface area contributed by atoms with Crippen LogP contribution in [0.4, 0.5) is 0 Å². The van der Waals surface area contributed by atoms with Crippen LogP contribution in [0.3, 0.4) is 0 Å². The molecule has 1 aromatic rings. The Bertz CT molecular complexity index is 532. The van der Waals surface area contributed by atoms with E-state index in [1.54, 1.807) is 0 Å². The molecule has 0 spiro atoms. The lowest BCUT2D eigenvalue weighted by Crippen LogP contribution is -2.42. The van der Waals surface area contributed by atoms with E-state index in [0.29, 0.717) is 23.8 Å². The molecule has 1 heterocycles. The quantitative estimate of drug-likeness (QED) is 0.868. The summed E-state index contributed by atoms with van der Waals surface area (Å²) in [7, 11) is 0. The smallest absolute Gasteiger partial charge is 0.255 e. The van der Waals surface area contributed by atoms with Gasteiger partial charge in [-0.2, -0.15) is 0 Å². The van der Waals surface area contributed by atoms with Crippen LogP contribution in [-0.4, -0.2) is 43.1 Å². The molecular formula is C20H30N2O2. The van der Waals surface area contributed by atoms with Crippen LogP contribution in [0.25, 0.3) is 0 Å². The summed E-state index contributed by atoms with van der Waals surface area (Å²) in [5.74, 6) is 1.26. The Kier molecular flexibility index (Phi) is 6.13. The van der Waals surface area contributed by atoms with Crippen LogP contribution in [0.2, 0.25) is 0 Å². The van der Waals surface area contributed by atoms with Gasteiger partial charge in [0, 0.05) is 12.6 Å². The van der Waals surface area contributed by atoms with Gasteiger partial charge in [0.25, 0.3) is 5.91 Å². The first kappa shape index (κ1) is 17.3. The van der Waals surface area contributed by atoms with Gasteiger partial charge in [0.2, 0.25) is 0 Å². The van der Waals surface area contributed by atoms with E-state index in [0.717, 1.165) is 12.6 Å². The van der Waals surface area contributed by atoms with Crippen LogP contribution in [0.5, 0.6) is 5.75 Å². The van der Waals surface area contributed by atoms with Gasteiger partial charge in [-0.3, -0.25) is 4.79 Å². The maximum Gasteiger partial charge on any atom is 0.255 e. The average molecular weight is 330 g/mol. The highest BCUT2D eigenvalue weighted by Crippen LogP contribution is 2.27. The van der Waals surface area contributed by atoms with Crippen molar-refractivity contribution < 1.29 is 9.53 Å². The van der Waals surface area contributed by atoms with Crippen molar-refractivity contribution in [1.29, 1.82) is 0 Å². The lowest BCUT2D eigenvalue weighted by Gasteiger charge is -2.36. The number of likely N-dealkylation sites (tertiary alicyclic amines) is 1. The van der Waals surface area contributed by atoms with Crippen LogP contribution < -0.4 is 10.1 Å². The van der Waals surface area contributed by atoms with Gasteiger partial charge in [-0.15, -0.1) is 0 Å². The number of carbonyl (C=O) groups excluding carboxylic acids is 1. The van der Waals surface area contributed by atoms with Crippen LogP contribution in [0, 0.1) is 5.92 Å². The van der Waals surface area contributed by atoms with Crippen molar-refractivity contribution in [3.8, 4) is 5.75 Å². The summed E-state index contributed by atoms with van der Waals surface area (Å²) in [6, 6.07) is 8.32. The summed E-state index contributed by atoms with van der Waals surface area (Å²) < 4.78 is 5.55. The van der Waals surface area contributed by atoms with Gasteiger partial charge in [-0.05, 0) is 63.7 Å². The molecule has 0 aromatic heterocycles. The minimum atomic E-state index is -0.0164. The molecule has 1 N–H and O–H groups in total. The summed E-state index contributed by atoms with van der Waals surface area (Å²) in [6.45, 7) is 5.68. The largest absolute Gasteiger partial charge is 0.493 e. The van der Waals surface area contributed by atoms with Gasteiger partial charge in [-0.25, -0.2) is 0 Å². The van der Waals surface area contributed by atoms with Gasteiger partial charge >= 0.3 is 0 Å². The number of para-hydroxylation sites is 1. The Hall–Kier alpha value is -1.55. The topological polar surface area (TPSA) is 41.6 Å². The normalized spacial score (nSPS) is 20.2. The Balaban J connectivity index is 1.45. The zero-order valence-corrected chi connectivity index (χ0v) is 14.8. The first-order valence-corrected chi connectivity index (χ1v) is 9.52. The van der Waals surface area contributed by atoms with Gasteiger partial charge < -0.3 is 15.0 Å². The summed E-state index contributed by atoms with van der Waals surface area (Å²) >= 11 is 0. The second-order valence-electron chi connectivity index (χ2n) is 7.06. The molecule has 0 bridgehead atoms. The Morgan fingerprint density at radius 1 is 1.17 bits per heavy atom. The number of nitrogens with one attached hydrogen (secondary N) is 1. The number of amides is 1. The molecule has 3 rings (SSSR count). The summed E-state index contributed by atoms with van der Waals surface area (Å²) in [6.07, 6.45) is 7.97. The first-order chi connectivity index (χ1) is 11.8. The highest BCUT2D eigenvalue weighted by molar-refractivity contribution is 5.96. The molecule has 0 radical (unpaired) electrons. The Morgan fingerprint density at radius 3 is 2.58 bits per heavy atom. The second kappa shape index (κ2) is 8.52. The van der Waals surface area contributed by atoms with Crippen molar-refractivity contribution in [3.63, 3.8) is 0 Å². The molecule has 2 fully saturated rings. The summed E-state index contributed by atoms with van der Waals surface area (Å²) in [4.78, 5) is 15.1. The van der Waals surface area contributed by atoms with E-state index in [1.165, 1.54) is 51.6 Å². The van der Waals surface area contributed by atoms with Crippen molar-refractivity contribution in [2.45, 2.75) is 51.5 Å². The maximum atomic E-state index is 12.5. The highest BCUT2D eigenvalue weighted by atomic mass is 16.5. The average Bonchev–Trinajstić information content (AvgIpc) is 3.15. The molecule has 1 saturated heterocycles. The predicted octanol–water partition coefficient (Wildman–Crippen LogP) is 3.47. The Morgan fingerprint density at radius 2 is 1.88 bits per heavy atom. The molecular weight excluding hydrogens is 300 g/mol. The molecule has 1 aromatic carbocycles. The van der Waals surface area contributed by atoms with Crippen molar-refractivity contribution in [2.75, 3.05) is 26.2 Å². The molecule has 4 heteroatoms. The van der Waals surface area contributed by atoms with E-state index in [1.807, 2.05) is 31.2 Å². The molecule has 1 amide bonds. The van der Waals surface area contributed by atoms with Gasteiger partial charge in [-0.1, -0.05) is 25.0 Å². The molecule has 2 aliphatic rings. The third-order valence-electron chi connectivity index (χ3n) is 5.47. The SMILES string of the molecule is CCOc1ccccc1C(=O)NCC1CCN(C2CCCC2)CC1. The molecule has 1 saturated carbocycles. The van der Waals surface area contributed by atoms with Crippen molar-refractivity contribution in [1.82, 2.24) is 10.2 Å². The number of nitrogens with zero attached hydrogens (tertiary/aromatic N) is 1. The third-order valence-corrected chi connectivity index (χ3v) is 5.47. The molecule has 1 aliphatic heterocycles. The monoisotopic (exact) mass is 330 g/mol. The first-order valence-electron chi connectivity index (χ1n) is 9.52. The number of carbonyl (C=O) groups is 1. The number of benzene rings is 1. The minimum Gasteiger partial charge on any atom is -0.493 e. The Labute approximate surface area is 145 Å². The molecule has 24 heavy (non-hydrogen) atoms. The maximum absolute atomic E-state index is 12.5. The predicted molar refractivity (Wildman–Crippen MR) is 96.5 cm³/mol. The summed E-state index contributed by atoms with van der Waals surface area (Å²) in [5, 5.41) is 3.11. The van der Waals surface area contributed by atoms with E-state index in [-0.39, 0.29) is 5.91 Å². The highest BCUT2D eigenvalue weighted by Gasteiger charge is 2.27. The number of ether oxygens (including phenoxy) is 1. The van der Waals surface area contributed by atoms with Crippen molar-refractivity contribution >= 4 is 5.91 Å². The molecule has 0 atom stereocenters. The second-order valence-corrected chi connectivity index (χ2v) is 7.06. The van der Waals surface area contributed by atoms with Crippen LogP contribution in [0.15, 0.2) is 24.3 Å². The van der Waals surface area contributed by atoms with Gasteiger partial charge in [0.1, 0.15) is 5.75 Å². The van der Waals surface area contributed by atoms with E-state index in [2.05, 4.69) is 10.2 Å². The number of piperidine rings is 1. The van der Waals surface area contributed by atoms with Crippen molar-refractivity contribution in [2.24, 2.45) is 5.92 Å². The van der Waals surface area contributed by atoms with Crippen LogP contribution in [-0.2, 0) is 0 Å². The van der Waals surface area contributed by atoms with E-state index >= 15 is 0 Å².